The number of alkyl halides is 1. The van der Waals surface area contributed by atoms with Crippen molar-refractivity contribution in [3.05, 3.63) is 42.4 Å². The number of hydrogen-bond acceptors (Lipinski definition) is 6. The summed E-state index contributed by atoms with van der Waals surface area (Å²) in [5.41, 5.74) is 1.67. The quantitative estimate of drug-likeness (QED) is 0.923. The molecule has 7 heteroatoms. The fourth-order valence-electron chi connectivity index (χ4n) is 3.39. The van der Waals surface area contributed by atoms with Crippen molar-refractivity contribution < 1.29 is 14.2 Å². The van der Waals surface area contributed by atoms with Crippen LogP contribution in [0.3, 0.4) is 0 Å². The number of likely N-dealkylation sites (tertiary alicyclic amines) is 1. The molecule has 4 rings (SSSR count). The summed E-state index contributed by atoms with van der Waals surface area (Å²) < 4.78 is 19.1. The van der Waals surface area contributed by atoms with E-state index in [0.717, 1.165) is 17.1 Å². The first-order valence-corrected chi connectivity index (χ1v) is 8.59. The summed E-state index contributed by atoms with van der Waals surface area (Å²) >= 11 is 0. The van der Waals surface area contributed by atoms with E-state index in [4.69, 9.17) is 4.74 Å². The van der Waals surface area contributed by atoms with Gasteiger partial charge in [-0.25, -0.2) is 9.37 Å². The highest BCUT2D eigenvalue weighted by Crippen LogP contribution is 2.38. The van der Waals surface area contributed by atoms with E-state index in [-0.39, 0.29) is 0 Å². The van der Waals surface area contributed by atoms with Crippen molar-refractivity contribution in [3.8, 4) is 5.75 Å². The average Bonchev–Trinajstić information content (AvgIpc) is 2.68. The van der Waals surface area contributed by atoms with Crippen molar-refractivity contribution in [2.75, 3.05) is 31.1 Å². The summed E-state index contributed by atoms with van der Waals surface area (Å²) in [5, 5.41) is 10.6. The van der Waals surface area contributed by atoms with Gasteiger partial charge in [0.1, 0.15) is 24.8 Å². The molecule has 1 saturated heterocycles. The number of nitrogens with zero attached hydrogens (tertiary/aromatic N) is 4. The normalized spacial score (nSPS) is 20.0. The van der Waals surface area contributed by atoms with Gasteiger partial charge in [-0.1, -0.05) is 6.07 Å². The Morgan fingerprint density at radius 1 is 1.20 bits per heavy atom. The molecule has 1 aromatic heterocycles. The maximum Gasteiger partial charge on any atom is 0.151 e. The van der Waals surface area contributed by atoms with Gasteiger partial charge in [0.2, 0.25) is 0 Å². The zero-order chi connectivity index (χ0) is 17.2. The topological polar surface area (TPSA) is 61.7 Å². The second-order valence-corrected chi connectivity index (χ2v) is 6.38. The molecule has 1 unspecified atom stereocenters. The molecule has 2 aromatic rings. The SMILES string of the molecule is OC(c1ccc2c(c1)OCCN2c1cnccn1)N1CCC(F)CC1. The zero-order valence-corrected chi connectivity index (χ0v) is 13.9. The van der Waals surface area contributed by atoms with Crippen molar-refractivity contribution in [1.29, 1.82) is 0 Å². The number of aromatic nitrogens is 2. The summed E-state index contributed by atoms with van der Waals surface area (Å²) in [6, 6.07) is 5.69. The Labute approximate surface area is 145 Å². The minimum atomic E-state index is -0.754. The van der Waals surface area contributed by atoms with E-state index in [1.807, 2.05) is 23.1 Å². The molecule has 25 heavy (non-hydrogen) atoms. The number of rotatable bonds is 3. The van der Waals surface area contributed by atoms with Crippen molar-refractivity contribution in [1.82, 2.24) is 14.9 Å². The zero-order valence-electron chi connectivity index (χ0n) is 13.9. The minimum absolute atomic E-state index is 0.471. The number of piperidine rings is 1. The van der Waals surface area contributed by atoms with E-state index in [2.05, 4.69) is 14.9 Å². The van der Waals surface area contributed by atoms with Crippen molar-refractivity contribution in [2.24, 2.45) is 0 Å². The molecule has 2 aliphatic rings. The van der Waals surface area contributed by atoms with Crippen LogP contribution >= 0.6 is 0 Å². The molecule has 0 aliphatic carbocycles. The standard InChI is InChI=1S/C18H21FN4O2/c19-14-3-7-22(8-4-14)18(24)13-1-2-15-16(11-13)25-10-9-23(15)17-12-20-5-6-21-17/h1-2,5-6,11-12,14,18,24H,3-4,7-10H2. The van der Waals surface area contributed by atoms with Gasteiger partial charge in [-0.3, -0.25) is 9.88 Å². The largest absolute Gasteiger partial charge is 0.490 e. The first-order valence-electron chi connectivity index (χ1n) is 8.59. The molecule has 1 atom stereocenters. The molecular formula is C18H21FN4O2. The molecule has 3 heterocycles. The Morgan fingerprint density at radius 3 is 2.80 bits per heavy atom. The van der Waals surface area contributed by atoms with E-state index >= 15 is 0 Å². The predicted molar refractivity (Wildman–Crippen MR) is 91.6 cm³/mol. The second kappa shape index (κ2) is 6.93. The Morgan fingerprint density at radius 2 is 2.04 bits per heavy atom. The molecule has 0 spiro atoms. The molecule has 132 valence electrons. The summed E-state index contributed by atoms with van der Waals surface area (Å²) in [6.45, 7) is 2.35. The maximum atomic E-state index is 13.3. The van der Waals surface area contributed by atoms with Crippen molar-refractivity contribution in [3.63, 3.8) is 0 Å². The third-order valence-electron chi connectivity index (χ3n) is 4.78. The van der Waals surface area contributed by atoms with Gasteiger partial charge < -0.3 is 14.7 Å². The van der Waals surface area contributed by atoms with E-state index < -0.39 is 12.4 Å². The van der Waals surface area contributed by atoms with E-state index in [9.17, 15) is 9.50 Å². The summed E-state index contributed by atoms with van der Waals surface area (Å²) in [5.74, 6) is 1.49. The van der Waals surface area contributed by atoms with Crippen LogP contribution in [-0.2, 0) is 0 Å². The van der Waals surface area contributed by atoms with Crippen LogP contribution in [0.4, 0.5) is 15.9 Å². The fraction of sp³-hybridized carbons (Fsp3) is 0.444. The molecule has 0 radical (unpaired) electrons. The van der Waals surface area contributed by atoms with Crippen LogP contribution in [0.25, 0.3) is 0 Å². The van der Waals surface area contributed by atoms with E-state index in [1.165, 1.54) is 0 Å². The van der Waals surface area contributed by atoms with Crippen LogP contribution in [0, 0.1) is 0 Å². The molecule has 0 amide bonds. The summed E-state index contributed by atoms with van der Waals surface area (Å²) in [7, 11) is 0. The first kappa shape index (κ1) is 16.2. The highest BCUT2D eigenvalue weighted by atomic mass is 19.1. The average molecular weight is 344 g/mol. The van der Waals surface area contributed by atoms with Gasteiger partial charge >= 0.3 is 0 Å². The molecule has 0 saturated carbocycles. The third kappa shape index (κ3) is 3.29. The van der Waals surface area contributed by atoms with Gasteiger partial charge in [0.05, 0.1) is 18.4 Å². The monoisotopic (exact) mass is 344 g/mol. The smallest absolute Gasteiger partial charge is 0.151 e. The lowest BCUT2D eigenvalue weighted by atomic mass is 10.1. The Balaban J connectivity index is 1.57. The Bertz CT molecular complexity index is 722. The van der Waals surface area contributed by atoms with Crippen LogP contribution in [0.5, 0.6) is 5.75 Å². The number of ether oxygens (including phenoxy) is 1. The lowest BCUT2D eigenvalue weighted by Gasteiger charge is -2.34. The number of anilines is 2. The van der Waals surface area contributed by atoms with E-state index in [1.54, 1.807) is 18.6 Å². The molecule has 1 aromatic carbocycles. The van der Waals surface area contributed by atoms with Crippen molar-refractivity contribution >= 4 is 11.5 Å². The van der Waals surface area contributed by atoms with Gasteiger partial charge in [0.15, 0.2) is 5.82 Å². The van der Waals surface area contributed by atoms with Crippen molar-refractivity contribution in [2.45, 2.75) is 25.2 Å². The van der Waals surface area contributed by atoms with Crippen LogP contribution in [0.2, 0.25) is 0 Å². The molecule has 1 N–H and O–H groups in total. The molecule has 2 aliphatic heterocycles. The number of aliphatic hydroxyl groups is 1. The molecule has 1 fully saturated rings. The Hall–Kier alpha value is -2.25. The lowest BCUT2D eigenvalue weighted by molar-refractivity contribution is -0.0226. The van der Waals surface area contributed by atoms with Crippen LogP contribution < -0.4 is 9.64 Å². The van der Waals surface area contributed by atoms with Gasteiger partial charge in [-0.2, -0.15) is 0 Å². The molecule has 6 nitrogen and oxygen atoms in total. The van der Waals surface area contributed by atoms with Gasteiger partial charge in [0.25, 0.3) is 0 Å². The molecular weight excluding hydrogens is 323 g/mol. The number of fused-ring (bicyclic) bond motifs is 1. The van der Waals surface area contributed by atoms with Crippen LogP contribution in [0.1, 0.15) is 24.6 Å². The second-order valence-electron chi connectivity index (χ2n) is 6.38. The minimum Gasteiger partial charge on any atom is -0.490 e. The lowest BCUT2D eigenvalue weighted by Crippen LogP contribution is -2.37. The molecule has 0 bridgehead atoms. The van der Waals surface area contributed by atoms with Crippen LogP contribution in [-0.4, -0.2) is 52.4 Å². The third-order valence-corrected chi connectivity index (χ3v) is 4.78. The van der Waals surface area contributed by atoms with Gasteiger partial charge in [-0.05, 0) is 30.5 Å². The first-order chi connectivity index (χ1) is 12.2. The highest BCUT2D eigenvalue weighted by molar-refractivity contribution is 5.68. The predicted octanol–water partition coefficient (Wildman–Crippen LogP) is 2.43. The Kier molecular flexibility index (Phi) is 4.50. The van der Waals surface area contributed by atoms with Gasteiger partial charge in [0, 0.05) is 25.5 Å². The summed E-state index contributed by atoms with van der Waals surface area (Å²) in [4.78, 5) is 12.4. The number of benzene rings is 1. The number of halogens is 1. The van der Waals surface area contributed by atoms with Gasteiger partial charge in [-0.15, -0.1) is 0 Å². The van der Waals surface area contributed by atoms with E-state index in [0.29, 0.717) is 44.8 Å². The summed E-state index contributed by atoms with van der Waals surface area (Å²) in [6.07, 6.45) is 4.47. The highest BCUT2D eigenvalue weighted by Gasteiger charge is 2.27. The number of aliphatic hydroxyl groups excluding tert-OH is 1. The number of hydrogen-bond donors (Lipinski definition) is 1. The van der Waals surface area contributed by atoms with Crippen LogP contribution in [0.15, 0.2) is 36.8 Å². The fourth-order valence-corrected chi connectivity index (χ4v) is 3.39. The maximum absolute atomic E-state index is 13.3.